The number of carboxylic acids is 1. The number of aromatic carboxylic acids is 1. The number of carbonyl (C=O) groups is 2. The summed E-state index contributed by atoms with van der Waals surface area (Å²) in [7, 11) is 0. The normalized spacial score (nSPS) is 17.8. The summed E-state index contributed by atoms with van der Waals surface area (Å²) in [6.07, 6.45) is 4.42. The van der Waals surface area contributed by atoms with Gasteiger partial charge in [0.05, 0.1) is 16.3 Å². The maximum Gasteiger partial charge on any atom is 0.336 e. The molecule has 5 N–H and O–H groups in total. The number of anilines is 1. The molecule has 4 rings (SSSR count). The van der Waals surface area contributed by atoms with Crippen molar-refractivity contribution >= 4 is 41.0 Å². The third kappa shape index (κ3) is 3.74. The number of aliphatic imine (C=N–C) groups is 2. The van der Waals surface area contributed by atoms with Gasteiger partial charge in [-0.2, -0.15) is 4.99 Å². The molecule has 31 heavy (non-hydrogen) atoms. The molecule has 2 aromatic rings. The molecule has 0 bridgehead atoms. The van der Waals surface area contributed by atoms with Gasteiger partial charge in [-0.05, 0) is 49.9 Å². The van der Waals surface area contributed by atoms with E-state index in [1.807, 2.05) is 0 Å². The standard InChI is InChI=1S/C22H22ClN5O3/c23-16-9-8-13(18(29)14-6-2-3-7-15(14)19(30)31)12-17(16)28-21(25)26-20(24)27-22(28)10-4-1-5-11-22/h2-3,6-9,12H,1,4-5,10-11H2,(H,30,31)(H4,24,25,26,27). The molecule has 1 aliphatic heterocycles. The molecule has 1 aliphatic carbocycles. The van der Waals surface area contributed by atoms with Gasteiger partial charge in [0.1, 0.15) is 5.66 Å². The van der Waals surface area contributed by atoms with Gasteiger partial charge in [0.15, 0.2) is 5.78 Å². The Bertz CT molecular complexity index is 1120. The first-order chi connectivity index (χ1) is 14.8. The molecule has 9 heteroatoms. The van der Waals surface area contributed by atoms with E-state index in [1.165, 1.54) is 12.1 Å². The van der Waals surface area contributed by atoms with Crippen molar-refractivity contribution in [1.82, 2.24) is 0 Å². The zero-order valence-corrected chi connectivity index (χ0v) is 17.5. The van der Waals surface area contributed by atoms with Crippen LogP contribution in [-0.2, 0) is 0 Å². The summed E-state index contributed by atoms with van der Waals surface area (Å²) >= 11 is 6.53. The van der Waals surface area contributed by atoms with Crippen LogP contribution in [-0.4, -0.2) is 34.4 Å². The van der Waals surface area contributed by atoms with E-state index in [-0.39, 0.29) is 28.6 Å². The highest BCUT2D eigenvalue weighted by Crippen LogP contribution is 2.42. The van der Waals surface area contributed by atoms with Gasteiger partial charge in [-0.1, -0.05) is 36.2 Å². The Labute approximate surface area is 184 Å². The van der Waals surface area contributed by atoms with Crippen molar-refractivity contribution in [2.75, 3.05) is 4.90 Å². The van der Waals surface area contributed by atoms with Crippen molar-refractivity contribution in [3.05, 3.63) is 64.2 Å². The number of benzene rings is 2. The lowest BCUT2D eigenvalue weighted by Gasteiger charge is -2.45. The zero-order valence-electron chi connectivity index (χ0n) is 16.7. The molecule has 0 radical (unpaired) electrons. The Morgan fingerprint density at radius 2 is 1.71 bits per heavy atom. The highest BCUT2D eigenvalue weighted by atomic mass is 35.5. The van der Waals surface area contributed by atoms with Crippen molar-refractivity contribution in [3.63, 3.8) is 0 Å². The van der Waals surface area contributed by atoms with Crippen LogP contribution in [0.25, 0.3) is 0 Å². The number of nitrogens with zero attached hydrogens (tertiary/aromatic N) is 3. The largest absolute Gasteiger partial charge is 0.478 e. The average Bonchev–Trinajstić information content (AvgIpc) is 2.74. The number of carbonyl (C=O) groups excluding carboxylic acids is 1. The van der Waals surface area contributed by atoms with Gasteiger partial charge >= 0.3 is 5.97 Å². The predicted molar refractivity (Wildman–Crippen MR) is 120 cm³/mol. The maximum atomic E-state index is 13.2. The zero-order chi connectivity index (χ0) is 22.2. The van der Waals surface area contributed by atoms with E-state index < -0.39 is 17.4 Å². The molecular formula is C22H22ClN5O3. The average molecular weight is 440 g/mol. The number of hydrogen-bond acceptors (Lipinski definition) is 7. The van der Waals surface area contributed by atoms with Crippen LogP contribution in [0.4, 0.5) is 5.69 Å². The number of rotatable bonds is 4. The fourth-order valence-electron chi connectivity index (χ4n) is 4.32. The number of guanidine groups is 2. The van der Waals surface area contributed by atoms with Crippen LogP contribution in [0.15, 0.2) is 52.4 Å². The minimum absolute atomic E-state index is 0.0656. The molecular weight excluding hydrogens is 418 g/mol. The number of nitrogens with two attached hydrogens (primary N) is 2. The smallest absolute Gasteiger partial charge is 0.336 e. The summed E-state index contributed by atoms with van der Waals surface area (Å²) in [4.78, 5) is 35.3. The third-order valence-electron chi connectivity index (χ3n) is 5.70. The van der Waals surface area contributed by atoms with Gasteiger partial charge in [-0.15, -0.1) is 0 Å². The minimum Gasteiger partial charge on any atom is -0.478 e. The fourth-order valence-corrected chi connectivity index (χ4v) is 4.52. The lowest BCUT2D eigenvalue weighted by atomic mass is 9.87. The summed E-state index contributed by atoms with van der Waals surface area (Å²) in [5, 5.41) is 9.83. The van der Waals surface area contributed by atoms with Gasteiger partial charge < -0.3 is 16.6 Å². The number of hydrogen-bond donors (Lipinski definition) is 3. The van der Waals surface area contributed by atoms with Crippen LogP contribution in [0.1, 0.15) is 58.4 Å². The first-order valence-corrected chi connectivity index (χ1v) is 10.4. The Morgan fingerprint density at radius 3 is 2.39 bits per heavy atom. The predicted octanol–water partition coefficient (Wildman–Crippen LogP) is 3.38. The Morgan fingerprint density at radius 1 is 1.03 bits per heavy atom. The molecule has 2 aromatic carbocycles. The number of halogens is 1. The summed E-state index contributed by atoms with van der Waals surface area (Å²) < 4.78 is 0. The van der Waals surface area contributed by atoms with Gasteiger partial charge in [0.2, 0.25) is 11.9 Å². The van der Waals surface area contributed by atoms with E-state index in [1.54, 1.807) is 35.2 Å². The van der Waals surface area contributed by atoms with Crippen molar-refractivity contribution in [2.24, 2.45) is 21.5 Å². The van der Waals surface area contributed by atoms with Crippen LogP contribution in [0.5, 0.6) is 0 Å². The van der Waals surface area contributed by atoms with Crippen molar-refractivity contribution in [2.45, 2.75) is 37.8 Å². The summed E-state index contributed by atoms with van der Waals surface area (Å²) in [6.45, 7) is 0. The number of ketones is 1. The van der Waals surface area contributed by atoms with Crippen molar-refractivity contribution < 1.29 is 14.7 Å². The molecule has 0 saturated heterocycles. The second-order valence-electron chi connectivity index (χ2n) is 7.66. The van der Waals surface area contributed by atoms with Crippen LogP contribution in [0.2, 0.25) is 5.02 Å². The van der Waals surface area contributed by atoms with Gasteiger partial charge in [0.25, 0.3) is 0 Å². The SMILES string of the molecule is NC1=NC2(CCCCC2)N(c2cc(C(=O)c3ccccc3C(=O)O)ccc2Cl)C(N)=N1. The topological polar surface area (TPSA) is 134 Å². The Hall–Kier alpha value is -3.39. The van der Waals surface area contributed by atoms with Crippen LogP contribution in [0.3, 0.4) is 0 Å². The minimum atomic E-state index is -1.17. The van der Waals surface area contributed by atoms with E-state index in [0.717, 1.165) is 32.1 Å². The Balaban J connectivity index is 1.81. The molecule has 0 unspecified atom stereocenters. The summed E-state index contributed by atoms with van der Waals surface area (Å²) in [5.41, 5.74) is 12.3. The maximum absolute atomic E-state index is 13.2. The molecule has 0 aromatic heterocycles. The third-order valence-corrected chi connectivity index (χ3v) is 6.02. The second kappa shape index (κ2) is 8.03. The number of carboxylic acid groups (broad SMARTS) is 1. The Kier molecular flexibility index (Phi) is 5.41. The van der Waals surface area contributed by atoms with E-state index in [0.29, 0.717) is 10.7 Å². The van der Waals surface area contributed by atoms with Crippen molar-refractivity contribution in [3.8, 4) is 0 Å². The fraction of sp³-hybridized carbons (Fsp3) is 0.273. The first-order valence-electron chi connectivity index (χ1n) is 9.99. The summed E-state index contributed by atoms with van der Waals surface area (Å²) in [6, 6.07) is 10.9. The highest BCUT2D eigenvalue weighted by molar-refractivity contribution is 6.34. The van der Waals surface area contributed by atoms with Gasteiger partial charge in [-0.3, -0.25) is 9.69 Å². The molecule has 1 spiro atoms. The first kappa shape index (κ1) is 20.9. The molecule has 1 heterocycles. The molecule has 0 atom stereocenters. The highest BCUT2D eigenvalue weighted by Gasteiger charge is 2.43. The second-order valence-corrected chi connectivity index (χ2v) is 8.07. The molecule has 8 nitrogen and oxygen atoms in total. The van der Waals surface area contributed by atoms with Gasteiger partial charge in [0, 0.05) is 11.1 Å². The van der Waals surface area contributed by atoms with Gasteiger partial charge in [-0.25, -0.2) is 9.79 Å². The van der Waals surface area contributed by atoms with E-state index in [2.05, 4.69) is 9.98 Å². The quantitative estimate of drug-likeness (QED) is 0.625. The molecule has 160 valence electrons. The lowest BCUT2D eigenvalue weighted by molar-refractivity contribution is 0.0693. The molecule has 1 saturated carbocycles. The molecule has 2 aliphatic rings. The summed E-state index contributed by atoms with van der Waals surface area (Å²) in [5.74, 6) is -1.32. The van der Waals surface area contributed by atoms with E-state index in [9.17, 15) is 14.7 Å². The van der Waals surface area contributed by atoms with E-state index >= 15 is 0 Å². The van der Waals surface area contributed by atoms with Crippen LogP contribution < -0.4 is 16.4 Å². The molecule has 1 fully saturated rings. The molecule has 0 amide bonds. The van der Waals surface area contributed by atoms with Crippen LogP contribution >= 0.6 is 11.6 Å². The van der Waals surface area contributed by atoms with Crippen molar-refractivity contribution in [1.29, 1.82) is 0 Å². The monoisotopic (exact) mass is 439 g/mol. The van der Waals surface area contributed by atoms with Crippen LogP contribution in [0, 0.1) is 0 Å². The van der Waals surface area contributed by atoms with E-state index in [4.69, 9.17) is 23.1 Å². The lowest BCUT2D eigenvalue weighted by Crippen LogP contribution is -2.58.